The van der Waals surface area contributed by atoms with E-state index in [1.54, 1.807) is 39.8 Å². The Balaban J connectivity index is 1.44. The van der Waals surface area contributed by atoms with Crippen LogP contribution >= 0.6 is 21.6 Å². The number of unbranched alkanes of at least 4 members (excludes halogenated alkanes) is 1. The van der Waals surface area contributed by atoms with E-state index in [1.807, 2.05) is 42.5 Å². The average molecular weight is 777 g/mol. The zero-order valence-electron chi connectivity index (χ0n) is 31.1. The Bertz CT molecular complexity index is 1890. The van der Waals surface area contributed by atoms with Crippen LogP contribution in [0.1, 0.15) is 80.4 Å². The van der Waals surface area contributed by atoms with Crippen molar-refractivity contribution in [2.45, 2.75) is 83.0 Å². The van der Waals surface area contributed by atoms with Crippen LogP contribution in [-0.4, -0.2) is 70.7 Å². The number of methoxy groups -OCH3 is 1. The van der Waals surface area contributed by atoms with Gasteiger partial charge >= 0.3 is 0 Å². The Hall–Kier alpha value is -3.78. The molecular weight excluding hydrogens is 725 g/mol. The molecule has 2 unspecified atom stereocenters. The first-order valence-corrected chi connectivity index (χ1v) is 21.1. The number of ketones is 2. The number of carbonyl (C=O) groups is 2. The van der Waals surface area contributed by atoms with Gasteiger partial charge in [0.05, 0.1) is 26.4 Å². The predicted molar refractivity (Wildman–Crippen MR) is 218 cm³/mol. The van der Waals surface area contributed by atoms with E-state index in [9.17, 15) is 30.0 Å². The van der Waals surface area contributed by atoms with Crippen LogP contribution in [0.5, 0.6) is 17.2 Å². The van der Waals surface area contributed by atoms with E-state index >= 15 is 0 Å². The molecule has 0 saturated heterocycles. The monoisotopic (exact) mass is 776 g/mol. The Morgan fingerprint density at radius 3 is 2.59 bits per heavy atom. The number of aryl methyl sites for hydroxylation is 1. The minimum Gasteiger partial charge on any atom is -0.508 e. The molecular formula is C42H52N2O8S2. The first-order valence-electron chi connectivity index (χ1n) is 18.6. The lowest BCUT2D eigenvalue weighted by atomic mass is 9.89. The summed E-state index contributed by atoms with van der Waals surface area (Å²) >= 11 is 0. The Morgan fingerprint density at radius 2 is 1.81 bits per heavy atom. The fourth-order valence-corrected chi connectivity index (χ4v) is 9.09. The van der Waals surface area contributed by atoms with Gasteiger partial charge in [0.1, 0.15) is 23.5 Å². The summed E-state index contributed by atoms with van der Waals surface area (Å²) in [5.41, 5.74) is 5.64. The lowest BCUT2D eigenvalue weighted by Gasteiger charge is -2.27. The number of ether oxygens (including phenoxy) is 2. The van der Waals surface area contributed by atoms with Crippen molar-refractivity contribution in [3.05, 3.63) is 82.9 Å². The maximum atomic E-state index is 13.9. The minimum atomic E-state index is -0.567. The third-order valence-corrected chi connectivity index (χ3v) is 12.0. The Kier molecular flexibility index (Phi) is 15.9. The summed E-state index contributed by atoms with van der Waals surface area (Å²) in [6, 6.07) is 18.5. The Morgan fingerprint density at radius 1 is 0.981 bits per heavy atom. The van der Waals surface area contributed by atoms with Gasteiger partial charge in [0.25, 0.3) is 0 Å². The number of nitrogens with one attached hydrogen (secondary N) is 2. The van der Waals surface area contributed by atoms with Gasteiger partial charge in [-0.1, -0.05) is 58.3 Å². The smallest absolute Gasteiger partial charge is 0.168 e. The maximum absolute atomic E-state index is 13.9. The molecule has 0 aromatic heterocycles. The van der Waals surface area contributed by atoms with Gasteiger partial charge in [-0.3, -0.25) is 14.9 Å². The van der Waals surface area contributed by atoms with Crippen LogP contribution in [0.3, 0.4) is 0 Å². The molecule has 10 nitrogen and oxygen atoms in total. The molecule has 5 rings (SSSR count). The number of rotatable bonds is 13. The van der Waals surface area contributed by atoms with Gasteiger partial charge in [0.2, 0.25) is 0 Å². The number of carbonyl (C=O) groups excluding carboxylic acids is 2. The van der Waals surface area contributed by atoms with E-state index in [0.29, 0.717) is 48.6 Å². The van der Waals surface area contributed by atoms with Crippen LogP contribution in [0.15, 0.2) is 60.7 Å². The standard InChI is InChI=1S/C42H52N2O8S2/c1-27(47)24-44-38-16-11-30(21-31(38)25-46)42(43-18-4-5-19-45)52-34-7-3-6-20-53-54-26-37-35(15-10-28-8-13-33(49)23-36(28)37)40-29(9-14-32(48)22-34)12-17-39(50)41(40)51-2/h8,10-13,15-17,21,23,34,42-46,49-50H,3-7,9,14,18-20,22,24-26H2,1-2H3. The lowest BCUT2D eigenvalue weighted by molar-refractivity contribution is -0.124. The highest BCUT2D eigenvalue weighted by atomic mass is 33.1. The zero-order valence-corrected chi connectivity index (χ0v) is 32.7. The summed E-state index contributed by atoms with van der Waals surface area (Å²) in [6.07, 6.45) is 3.81. The molecule has 4 aromatic carbocycles. The summed E-state index contributed by atoms with van der Waals surface area (Å²) in [7, 11) is 5.07. The SMILES string of the molecule is COc1c(O)ccc2c1-c1ccc3ccc(O)cc3c1CSSCCCCC(OC(NCCCCO)c1ccc(NCC(C)=O)c(CO)c1)CC(=O)CC2. The molecule has 0 radical (unpaired) electrons. The van der Waals surface area contributed by atoms with Gasteiger partial charge in [-0.2, -0.15) is 0 Å². The summed E-state index contributed by atoms with van der Waals surface area (Å²) < 4.78 is 12.5. The van der Waals surface area contributed by atoms with Crippen molar-refractivity contribution in [1.29, 1.82) is 0 Å². The van der Waals surface area contributed by atoms with Crippen LogP contribution < -0.4 is 15.4 Å². The fourth-order valence-electron chi connectivity index (χ4n) is 6.83. The topological polar surface area (TPSA) is 158 Å². The molecule has 4 aromatic rings. The first kappa shape index (κ1) is 41.4. The molecule has 6 N–H and O–H groups in total. The molecule has 1 aliphatic heterocycles. The van der Waals surface area contributed by atoms with Crippen LogP contribution in [-0.2, 0) is 33.1 Å². The average Bonchev–Trinajstić information content (AvgIpc) is 3.16. The third-order valence-electron chi connectivity index (χ3n) is 9.61. The van der Waals surface area contributed by atoms with E-state index in [4.69, 9.17) is 9.47 Å². The van der Waals surface area contributed by atoms with Gasteiger partial charge in [-0.05, 0) is 109 Å². The van der Waals surface area contributed by atoms with Gasteiger partial charge in [-0.25, -0.2) is 0 Å². The molecule has 0 fully saturated rings. The van der Waals surface area contributed by atoms with Gasteiger partial charge in [0, 0.05) is 47.8 Å². The van der Waals surface area contributed by atoms with Crippen LogP contribution in [0, 0.1) is 0 Å². The molecule has 2 atom stereocenters. The number of phenolic OH excluding ortho intramolecular Hbond substituents is 2. The fraction of sp³-hybridized carbons (Fsp3) is 0.429. The van der Waals surface area contributed by atoms with Crippen molar-refractivity contribution in [1.82, 2.24) is 5.32 Å². The number of aliphatic hydroxyl groups excluding tert-OH is 2. The number of phenols is 2. The number of aromatic hydroxyl groups is 2. The Labute approximate surface area is 325 Å². The van der Waals surface area contributed by atoms with E-state index < -0.39 is 6.23 Å². The van der Waals surface area contributed by atoms with Crippen molar-refractivity contribution < 1.29 is 39.5 Å². The van der Waals surface area contributed by atoms with Gasteiger partial charge in [-0.15, -0.1) is 0 Å². The van der Waals surface area contributed by atoms with Crippen molar-refractivity contribution in [2.24, 2.45) is 0 Å². The molecule has 1 heterocycles. The van der Waals surface area contributed by atoms with Crippen LogP contribution in [0.25, 0.3) is 21.9 Å². The molecule has 12 heteroatoms. The second-order valence-corrected chi connectivity index (χ2v) is 16.2. The van der Waals surface area contributed by atoms with E-state index in [0.717, 1.165) is 63.6 Å². The second kappa shape index (κ2) is 20.8. The predicted octanol–water partition coefficient (Wildman–Crippen LogP) is 7.82. The summed E-state index contributed by atoms with van der Waals surface area (Å²) in [5, 5.41) is 49.4. The number of hydrogen-bond acceptors (Lipinski definition) is 12. The van der Waals surface area contributed by atoms with Crippen LogP contribution in [0.4, 0.5) is 5.69 Å². The molecule has 0 aliphatic carbocycles. The molecule has 0 saturated carbocycles. The summed E-state index contributed by atoms with van der Waals surface area (Å²) in [5.74, 6) is 2.14. The van der Waals surface area contributed by atoms with Crippen molar-refractivity contribution >= 4 is 49.6 Å². The van der Waals surface area contributed by atoms with Gasteiger partial charge in [0.15, 0.2) is 11.5 Å². The van der Waals surface area contributed by atoms with Crippen molar-refractivity contribution in [3.63, 3.8) is 0 Å². The number of hydrogen-bond donors (Lipinski definition) is 6. The molecule has 290 valence electrons. The first-order chi connectivity index (χ1) is 26.2. The van der Waals surface area contributed by atoms with Crippen molar-refractivity contribution in [3.8, 4) is 28.4 Å². The summed E-state index contributed by atoms with van der Waals surface area (Å²) in [6.45, 7) is 2.10. The molecule has 1 aliphatic rings. The van der Waals surface area contributed by atoms with Crippen molar-refractivity contribution in [2.75, 3.05) is 37.9 Å². The highest BCUT2D eigenvalue weighted by Gasteiger charge is 2.25. The maximum Gasteiger partial charge on any atom is 0.168 e. The number of anilines is 1. The number of aliphatic hydroxyl groups is 2. The molecule has 0 bridgehead atoms. The normalized spacial score (nSPS) is 16.4. The van der Waals surface area contributed by atoms with Gasteiger partial charge < -0.3 is 35.2 Å². The van der Waals surface area contributed by atoms with E-state index in [1.165, 1.54) is 14.0 Å². The minimum absolute atomic E-state index is 0.0129. The molecule has 0 spiro atoms. The summed E-state index contributed by atoms with van der Waals surface area (Å²) in [4.78, 5) is 25.4. The third kappa shape index (κ3) is 11.1. The molecule has 0 amide bonds. The largest absolute Gasteiger partial charge is 0.508 e. The highest BCUT2D eigenvalue weighted by molar-refractivity contribution is 8.76. The highest BCUT2D eigenvalue weighted by Crippen LogP contribution is 2.45. The second-order valence-electron chi connectivity index (χ2n) is 13.6. The quantitative estimate of drug-likeness (QED) is 0.0445. The van der Waals surface area contributed by atoms with E-state index in [2.05, 4.69) is 10.6 Å². The molecule has 54 heavy (non-hydrogen) atoms. The van der Waals surface area contributed by atoms with E-state index in [-0.39, 0.29) is 61.8 Å². The van der Waals surface area contributed by atoms with Crippen LogP contribution in [0.2, 0.25) is 0 Å². The number of fused-ring (bicyclic) bond motifs is 5. The number of Topliss-reactive ketones (excluding diaryl/α,β-unsaturated/α-hetero) is 2. The lowest BCUT2D eigenvalue weighted by Crippen LogP contribution is -2.31. The zero-order chi connectivity index (χ0) is 38.5. The number of benzene rings is 4.